The fraction of sp³-hybridized carbons (Fsp3) is 0.368. The summed E-state index contributed by atoms with van der Waals surface area (Å²) in [5, 5.41) is 0. The Bertz CT molecular complexity index is 902. The zero-order valence-electron chi connectivity index (χ0n) is 14.2. The van der Waals surface area contributed by atoms with E-state index in [0.29, 0.717) is 27.6 Å². The van der Waals surface area contributed by atoms with E-state index in [2.05, 4.69) is 13.8 Å². The van der Waals surface area contributed by atoms with Crippen molar-refractivity contribution in [3.63, 3.8) is 0 Å². The molecule has 4 N–H and O–H groups in total. The molecular formula is C19H24N2O2S. The highest BCUT2D eigenvalue weighted by atomic mass is 32.2. The Morgan fingerprint density at radius 3 is 2.25 bits per heavy atom. The number of nitrogen functional groups attached to an aromatic ring is 2. The van der Waals surface area contributed by atoms with Crippen molar-refractivity contribution in [2.75, 3.05) is 11.5 Å². The third-order valence-electron chi connectivity index (χ3n) is 4.63. The standard InChI is InChI=1S/C19H24N2O2S/c1-3-5-12-8-15(20)10-19-16(12)9-14-7-13(6-4-2)17(21)11-18(14)24(19,22)23/h7-8,10-11H,3-6,9,20-21H2,1-2H3. The van der Waals surface area contributed by atoms with Gasteiger partial charge in [-0.2, -0.15) is 0 Å². The van der Waals surface area contributed by atoms with Crippen LogP contribution in [-0.2, 0) is 29.1 Å². The summed E-state index contributed by atoms with van der Waals surface area (Å²) in [7, 11) is -3.58. The molecule has 2 aromatic carbocycles. The number of benzene rings is 2. The molecule has 0 bridgehead atoms. The lowest BCUT2D eigenvalue weighted by molar-refractivity contribution is 0.591. The molecule has 1 aliphatic heterocycles. The maximum Gasteiger partial charge on any atom is 0.207 e. The predicted molar refractivity (Wildman–Crippen MR) is 98.0 cm³/mol. The Kier molecular flexibility index (Phi) is 4.30. The maximum absolute atomic E-state index is 13.1. The van der Waals surface area contributed by atoms with Crippen LogP contribution in [0.1, 0.15) is 48.9 Å². The molecule has 0 fully saturated rings. The Morgan fingerprint density at radius 2 is 1.58 bits per heavy atom. The smallest absolute Gasteiger partial charge is 0.207 e. The lowest BCUT2D eigenvalue weighted by Crippen LogP contribution is -2.18. The van der Waals surface area contributed by atoms with E-state index in [-0.39, 0.29) is 0 Å². The van der Waals surface area contributed by atoms with Crippen LogP contribution in [0.3, 0.4) is 0 Å². The van der Waals surface area contributed by atoms with Crippen molar-refractivity contribution in [2.45, 2.75) is 55.7 Å². The Hall–Kier alpha value is -2.01. The molecule has 0 spiro atoms. The van der Waals surface area contributed by atoms with Gasteiger partial charge < -0.3 is 11.5 Å². The molecule has 0 amide bonds. The largest absolute Gasteiger partial charge is 0.399 e. The average Bonchev–Trinajstić information content (AvgIpc) is 2.51. The van der Waals surface area contributed by atoms with E-state index < -0.39 is 9.84 Å². The molecule has 1 heterocycles. The highest BCUT2D eigenvalue weighted by Crippen LogP contribution is 2.39. The first-order valence-electron chi connectivity index (χ1n) is 8.46. The van der Waals surface area contributed by atoms with Crippen LogP contribution in [0.5, 0.6) is 0 Å². The molecule has 3 rings (SSSR count). The zero-order valence-corrected chi connectivity index (χ0v) is 15.0. The number of aryl methyl sites for hydroxylation is 2. The van der Waals surface area contributed by atoms with Gasteiger partial charge in [0.05, 0.1) is 9.79 Å². The van der Waals surface area contributed by atoms with Gasteiger partial charge in [0.1, 0.15) is 0 Å². The van der Waals surface area contributed by atoms with Crippen molar-refractivity contribution in [1.82, 2.24) is 0 Å². The van der Waals surface area contributed by atoms with Crippen LogP contribution in [0.15, 0.2) is 34.1 Å². The number of nitrogens with two attached hydrogens (primary N) is 2. The Labute approximate surface area is 143 Å². The zero-order chi connectivity index (χ0) is 17.5. The number of hydrogen-bond donors (Lipinski definition) is 2. The van der Waals surface area contributed by atoms with Crippen LogP contribution in [0, 0.1) is 0 Å². The van der Waals surface area contributed by atoms with Crippen molar-refractivity contribution in [3.05, 3.63) is 46.5 Å². The van der Waals surface area contributed by atoms with Gasteiger partial charge in [-0.3, -0.25) is 0 Å². The van der Waals surface area contributed by atoms with E-state index in [0.717, 1.165) is 47.9 Å². The van der Waals surface area contributed by atoms with E-state index >= 15 is 0 Å². The van der Waals surface area contributed by atoms with Gasteiger partial charge in [-0.25, -0.2) is 8.42 Å². The quantitative estimate of drug-likeness (QED) is 0.709. The summed E-state index contributed by atoms with van der Waals surface area (Å²) in [6.45, 7) is 4.17. The van der Waals surface area contributed by atoms with Crippen molar-refractivity contribution in [1.29, 1.82) is 0 Å². The summed E-state index contributed by atoms with van der Waals surface area (Å²) >= 11 is 0. The third-order valence-corrected chi connectivity index (χ3v) is 6.53. The lowest BCUT2D eigenvalue weighted by atomic mass is 9.94. The monoisotopic (exact) mass is 344 g/mol. The van der Waals surface area contributed by atoms with Gasteiger partial charge in [-0.15, -0.1) is 0 Å². The molecule has 1 aliphatic rings. The molecule has 4 nitrogen and oxygen atoms in total. The van der Waals surface area contributed by atoms with Crippen LogP contribution >= 0.6 is 0 Å². The molecule has 24 heavy (non-hydrogen) atoms. The minimum Gasteiger partial charge on any atom is -0.399 e. The topological polar surface area (TPSA) is 86.2 Å². The molecule has 0 aliphatic carbocycles. The first-order chi connectivity index (χ1) is 11.4. The summed E-state index contributed by atoms with van der Waals surface area (Å²) in [6, 6.07) is 7.10. The maximum atomic E-state index is 13.1. The Balaban J connectivity index is 2.24. The van der Waals surface area contributed by atoms with Gasteiger partial charge in [0.2, 0.25) is 9.84 Å². The van der Waals surface area contributed by atoms with Gasteiger partial charge in [0.15, 0.2) is 0 Å². The van der Waals surface area contributed by atoms with E-state index in [9.17, 15) is 8.42 Å². The molecular weight excluding hydrogens is 320 g/mol. The van der Waals surface area contributed by atoms with Crippen molar-refractivity contribution >= 4 is 21.2 Å². The minimum absolute atomic E-state index is 0.334. The van der Waals surface area contributed by atoms with Crippen LogP contribution in [0.4, 0.5) is 11.4 Å². The van der Waals surface area contributed by atoms with Crippen LogP contribution in [0.2, 0.25) is 0 Å². The molecule has 0 radical (unpaired) electrons. The number of rotatable bonds is 4. The summed E-state index contributed by atoms with van der Waals surface area (Å²) < 4.78 is 26.2. The first kappa shape index (κ1) is 16.8. The summed E-state index contributed by atoms with van der Waals surface area (Å²) in [4.78, 5) is 0.682. The number of sulfone groups is 1. The third kappa shape index (κ3) is 2.67. The number of fused-ring (bicyclic) bond motifs is 2. The normalized spacial score (nSPS) is 14.9. The van der Waals surface area contributed by atoms with Crippen LogP contribution < -0.4 is 11.5 Å². The van der Waals surface area contributed by atoms with Gasteiger partial charge in [0.25, 0.3) is 0 Å². The van der Waals surface area contributed by atoms with E-state index in [1.54, 1.807) is 12.1 Å². The van der Waals surface area contributed by atoms with Gasteiger partial charge in [0, 0.05) is 17.8 Å². The SMILES string of the molecule is CCCc1cc2c(cc1N)S(=O)(=O)c1cc(N)cc(CCC)c1C2. The molecule has 128 valence electrons. The second-order valence-corrected chi connectivity index (χ2v) is 8.38. The Morgan fingerprint density at radius 1 is 0.917 bits per heavy atom. The highest BCUT2D eigenvalue weighted by Gasteiger charge is 2.32. The number of anilines is 2. The highest BCUT2D eigenvalue weighted by molar-refractivity contribution is 7.91. The average molecular weight is 344 g/mol. The van der Waals surface area contributed by atoms with E-state index in [4.69, 9.17) is 11.5 Å². The summed E-state index contributed by atoms with van der Waals surface area (Å²) in [6.07, 6.45) is 4.23. The second-order valence-electron chi connectivity index (χ2n) is 6.50. The predicted octanol–water partition coefficient (Wildman–Crippen LogP) is 3.49. The fourth-order valence-electron chi connectivity index (χ4n) is 3.53. The van der Waals surface area contributed by atoms with Crippen molar-refractivity contribution < 1.29 is 8.42 Å². The van der Waals surface area contributed by atoms with Crippen LogP contribution in [0.25, 0.3) is 0 Å². The molecule has 0 unspecified atom stereocenters. The number of hydrogen-bond acceptors (Lipinski definition) is 4. The second kappa shape index (κ2) is 6.13. The fourth-order valence-corrected chi connectivity index (χ4v) is 5.35. The van der Waals surface area contributed by atoms with Crippen molar-refractivity contribution in [2.24, 2.45) is 0 Å². The van der Waals surface area contributed by atoms with Gasteiger partial charge >= 0.3 is 0 Å². The summed E-state index contributed by atoms with van der Waals surface area (Å²) in [5.41, 5.74) is 16.9. The molecule has 2 aromatic rings. The lowest BCUT2D eigenvalue weighted by Gasteiger charge is -2.24. The molecule has 5 heteroatoms. The molecule has 0 aromatic heterocycles. The van der Waals surface area contributed by atoms with E-state index in [1.807, 2.05) is 12.1 Å². The van der Waals surface area contributed by atoms with E-state index in [1.165, 1.54) is 0 Å². The molecule has 0 saturated carbocycles. The van der Waals surface area contributed by atoms with Crippen molar-refractivity contribution in [3.8, 4) is 0 Å². The van der Waals surface area contributed by atoms with Crippen LogP contribution in [-0.4, -0.2) is 8.42 Å². The molecule has 0 saturated heterocycles. The van der Waals surface area contributed by atoms with Gasteiger partial charge in [-0.05, 0) is 53.3 Å². The summed E-state index contributed by atoms with van der Waals surface area (Å²) in [5.74, 6) is 0. The molecule has 0 atom stereocenters. The first-order valence-corrected chi connectivity index (χ1v) is 9.94. The van der Waals surface area contributed by atoms with Gasteiger partial charge in [-0.1, -0.05) is 32.8 Å². The minimum atomic E-state index is -3.58.